The van der Waals surface area contributed by atoms with Crippen molar-refractivity contribution in [2.45, 2.75) is 6.92 Å². The number of benzene rings is 1. The van der Waals surface area contributed by atoms with Crippen LogP contribution in [0.3, 0.4) is 0 Å². The van der Waals surface area contributed by atoms with E-state index < -0.39 is 0 Å². The molecule has 0 heterocycles. The van der Waals surface area contributed by atoms with Crippen LogP contribution in [0.15, 0.2) is 18.2 Å². The molecule has 0 aliphatic heterocycles. The Bertz CT molecular complexity index is 377. The zero-order chi connectivity index (χ0) is 13.4. The monoisotopic (exact) mass is 251 g/mol. The first-order valence-corrected chi connectivity index (χ1v) is 5.94. The Labute approximate surface area is 109 Å². The predicted molar refractivity (Wildman–Crippen MR) is 73.7 cm³/mol. The summed E-state index contributed by atoms with van der Waals surface area (Å²) < 4.78 is 15.9. The molecule has 18 heavy (non-hydrogen) atoms. The van der Waals surface area contributed by atoms with Gasteiger partial charge in [0.1, 0.15) is 0 Å². The minimum Gasteiger partial charge on any atom is -0.493 e. The first-order chi connectivity index (χ1) is 8.76. The van der Waals surface area contributed by atoms with E-state index in [4.69, 9.17) is 14.2 Å². The zero-order valence-corrected chi connectivity index (χ0v) is 11.4. The number of likely N-dealkylation sites (N-methyl/N-ethyl adjacent to an activating group) is 1. The molecule has 4 heteroatoms. The average Bonchev–Trinajstić information content (AvgIpc) is 2.42. The number of rotatable bonds is 7. The quantitative estimate of drug-likeness (QED) is 0.755. The van der Waals surface area contributed by atoms with E-state index in [0.29, 0.717) is 17.2 Å². The van der Waals surface area contributed by atoms with Gasteiger partial charge in [-0.1, -0.05) is 19.1 Å². The molecule has 1 rings (SSSR count). The van der Waals surface area contributed by atoms with Gasteiger partial charge in [0.05, 0.1) is 21.3 Å². The molecule has 1 N–H and O–H groups in total. The summed E-state index contributed by atoms with van der Waals surface area (Å²) in [6.07, 6.45) is 4.08. The molecule has 1 aromatic rings. The van der Waals surface area contributed by atoms with Crippen LogP contribution in [0.25, 0.3) is 6.08 Å². The van der Waals surface area contributed by atoms with Crippen LogP contribution in [0.5, 0.6) is 17.2 Å². The van der Waals surface area contributed by atoms with E-state index in [-0.39, 0.29) is 0 Å². The molecule has 0 amide bonds. The van der Waals surface area contributed by atoms with Crippen molar-refractivity contribution in [1.82, 2.24) is 5.32 Å². The number of hydrogen-bond donors (Lipinski definition) is 1. The van der Waals surface area contributed by atoms with Crippen LogP contribution in [0.1, 0.15) is 12.5 Å². The lowest BCUT2D eigenvalue weighted by molar-refractivity contribution is 0.324. The smallest absolute Gasteiger partial charge is 0.203 e. The molecule has 100 valence electrons. The van der Waals surface area contributed by atoms with Crippen LogP contribution >= 0.6 is 0 Å². The maximum atomic E-state index is 5.29. The van der Waals surface area contributed by atoms with Crippen molar-refractivity contribution in [3.8, 4) is 17.2 Å². The molecular weight excluding hydrogens is 230 g/mol. The van der Waals surface area contributed by atoms with Gasteiger partial charge in [-0.05, 0) is 24.2 Å². The second-order valence-corrected chi connectivity index (χ2v) is 3.67. The van der Waals surface area contributed by atoms with Gasteiger partial charge in [0.15, 0.2) is 11.5 Å². The largest absolute Gasteiger partial charge is 0.493 e. The molecule has 1 aromatic carbocycles. The average molecular weight is 251 g/mol. The minimum absolute atomic E-state index is 0.615. The highest BCUT2D eigenvalue weighted by Crippen LogP contribution is 2.38. The highest BCUT2D eigenvalue weighted by atomic mass is 16.5. The van der Waals surface area contributed by atoms with Crippen LogP contribution < -0.4 is 19.5 Å². The molecule has 0 aliphatic carbocycles. The first kappa shape index (κ1) is 14.4. The van der Waals surface area contributed by atoms with Gasteiger partial charge >= 0.3 is 0 Å². The van der Waals surface area contributed by atoms with Crippen LogP contribution in [0.2, 0.25) is 0 Å². The van der Waals surface area contributed by atoms with Crippen LogP contribution in [0.4, 0.5) is 0 Å². The molecule has 0 saturated carbocycles. The molecule has 4 nitrogen and oxygen atoms in total. The van der Waals surface area contributed by atoms with E-state index >= 15 is 0 Å². The van der Waals surface area contributed by atoms with E-state index in [1.54, 1.807) is 21.3 Å². The molecule has 0 bridgehead atoms. The van der Waals surface area contributed by atoms with Gasteiger partial charge in [0, 0.05) is 6.54 Å². The normalized spacial score (nSPS) is 10.7. The maximum Gasteiger partial charge on any atom is 0.203 e. The lowest BCUT2D eigenvalue weighted by atomic mass is 10.1. The molecule has 0 fully saturated rings. The van der Waals surface area contributed by atoms with Crippen molar-refractivity contribution < 1.29 is 14.2 Å². The molecular formula is C14H21NO3. The summed E-state index contributed by atoms with van der Waals surface area (Å²) in [5.41, 5.74) is 1.02. The van der Waals surface area contributed by atoms with Crippen LogP contribution in [0, 0.1) is 0 Å². The van der Waals surface area contributed by atoms with E-state index in [1.807, 2.05) is 18.2 Å². The Morgan fingerprint density at radius 1 is 1.06 bits per heavy atom. The fraction of sp³-hybridized carbons (Fsp3) is 0.429. The molecule has 0 unspecified atom stereocenters. The third kappa shape index (κ3) is 3.67. The van der Waals surface area contributed by atoms with Crippen LogP contribution in [-0.4, -0.2) is 34.4 Å². The number of hydrogen-bond acceptors (Lipinski definition) is 4. The van der Waals surface area contributed by atoms with Crippen molar-refractivity contribution >= 4 is 6.08 Å². The predicted octanol–water partition coefficient (Wildman–Crippen LogP) is 2.34. The standard InChI is InChI=1S/C14H21NO3/c1-5-15-8-6-7-11-9-12(16-2)14(18-4)13(10-11)17-3/h6-7,9-10,15H,5,8H2,1-4H3. The number of methoxy groups -OCH3 is 3. The van der Waals surface area contributed by atoms with Crippen molar-refractivity contribution in [1.29, 1.82) is 0 Å². The minimum atomic E-state index is 0.615. The third-order valence-electron chi connectivity index (χ3n) is 2.51. The fourth-order valence-electron chi connectivity index (χ4n) is 1.62. The summed E-state index contributed by atoms with van der Waals surface area (Å²) in [5.74, 6) is 1.95. The summed E-state index contributed by atoms with van der Waals surface area (Å²) in [6.45, 7) is 3.88. The third-order valence-corrected chi connectivity index (χ3v) is 2.51. The summed E-state index contributed by atoms with van der Waals surface area (Å²) in [7, 11) is 4.83. The fourth-order valence-corrected chi connectivity index (χ4v) is 1.62. The van der Waals surface area contributed by atoms with Crippen LogP contribution in [-0.2, 0) is 0 Å². The van der Waals surface area contributed by atoms with Crippen molar-refractivity contribution in [2.75, 3.05) is 34.4 Å². The Morgan fingerprint density at radius 3 is 2.11 bits per heavy atom. The van der Waals surface area contributed by atoms with Gasteiger partial charge < -0.3 is 19.5 Å². The van der Waals surface area contributed by atoms with Crippen molar-refractivity contribution in [3.63, 3.8) is 0 Å². The molecule has 0 radical (unpaired) electrons. The number of nitrogens with one attached hydrogen (secondary N) is 1. The van der Waals surface area contributed by atoms with E-state index in [0.717, 1.165) is 18.7 Å². The molecule has 0 aromatic heterocycles. The zero-order valence-electron chi connectivity index (χ0n) is 11.4. The Balaban J connectivity index is 2.96. The molecule has 0 atom stereocenters. The molecule has 0 spiro atoms. The lowest BCUT2D eigenvalue weighted by Gasteiger charge is -2.12. The second kappa shape index (κ2) is 7.61. The van der Waals surface area contributed by atoms with Gasteiger partial charge in [-0.25, -0.2) is 0 Å². The van der Waals surface area contributed by atoms with Crippen molar-refractivity contribution in [2.24, 2.45) is 0 Å². The lowest BCUT2D eigenvalue weighted by Crippen LogP contribution is -2.11. The Kier molecular flexibility index (Phi) is 6.08. The number of ether oxygens (including phenoxy) is 3. The first-order valence-electron chi connectivity index (χ1n) is 5.94. The van der Waals surface area contributed by atoms with Gasteiger partial charge in [0.25, 0.3) is 0 Å². The van der Waals surface area contributed by atoms with Gasteiger partial charge in [-0.15, -0.1) is 0 Å². The SMILES string of the molecule is CCNCC=Cc1cc(OC)c(OC)c(OC)c1. The van der Waals surface area contributed by atoms with E-state index in [2.05, 4.69) is 18.3 Å². The molecule has 0 saturated heterocycles. The Hall–Kier alpha value is -1.68. The second-order valence-electron chi connectivity index (χ2n) is 3.67. The summed E-state index contributed by atoms with van der Waals surface area (Å²) in [4.78, 5) is 0. The summed E-state index contributed by atoms with van der Waals surface area (Å²) in [6, 6.07) is 3.84. The van der Waals surface area contributed by atoms with Crippen molar-refractivity contribution in [3.05, 3.63) is 23.8 Å². The summed E-state index contributed by atoms with van der Waals surface area (Å²) in [5, 5.41) is 3.22. The molecule has 0 aliphatic rings. The highest BCUT2D eigenvalue weighted by molar-refractivity contribution is 5.62. The summed E-state index contributed by atoms with van der Waals surface area (Å²) >= 11 is 0. The van der Waals surface area contributed by atoms with Gasteiger partial charge in [-0.3, -0.25) is 0 Å². The Morgan fingerprint density at radius 2 is 1.67 bits per heavy atom. The topological polar surface area (TPSA) is 39.7 Å². The van der Waals surface area contributed by atoms with Gasteiger partial charge in [-0.2, -0.15) is 0 Å². The van der Waals surface area contributed by atoms with E-state index in [9.17, 15) is 0 Å². The van der Waals surface area contributed by atoms with E-state index in [1.165, 1.54) is 0 Å². The maximum absolute atomic E-state index is 5.29. The highest BCUT2D eigenvalue weighted by Gasteiger charge is 2.11. The van der Waals surface area contributed by atoms with Gasteiger partial charge in [0.2, 0.25) is 5.75 Å².